The van der Waals surface area contributed by atoms with E-state index in [1.165, 1.54) is 5.56 Å². The highest BCUT2D eigenvalue weighted by atomic mass is 16.7. The second kappa shape index (κ2) is 16.8. The van der Waals surface area contributed by atoms with Crippen LogP contribution < -0.4 is 5.73 Å². The van der Waals surface area contributed by atoms with Crippen molar-refractivity contribution < 1.29 is 39.8 Å². The van der Waals surface area contributed by atoms with E-state index in [0.29, 0.717) is 24.3 Å². The molecule has 4 rings (SSSR count). The summed E-state index contributed by atoms with van der Waals surface area (Å²) < 4.78 is 2.19. The summed E-state index contributed by atoms with van der Waals surface area (Å²) in [7, 11) is 0. The van der Waals surface area contributed by atoms with E-state index >= 15 is 0 Å². The predicted octanol–water partition coefficient (Wildman–Crippen LogP) is 4.06. The molecule has 0 bridgehead atoms. The van der Waals surface area contributed by atoms with Gasteiger partial charge in [0.25, 0.3) is 22.9 Å². The summed E-state index contributed by atoms with van der Waals surface area (Å²) in [4.78, 5) is 59.9. The first-order valence-electron chi connectivity index (χ1n) is 12.9. The highest BCUT2D eigenvalue weighted by molar-refractivity contribution is 5.65. The second-order valence-corrected chi connectivity index (χ2v) is 9.06. The molecule has 0 radical (unpaired) electrons. The fourth-order valence-electron chi connectivity index (χ4n) is 3.70. The Hall–Kier alpha value is -7.17. The van der Waals surface area contributed by atoms with E-state index in [9.17, 15) is 60.7 Å². The van der Waals surface area contributed by atoms with Gasteiger partial charge in [0.2, 0.25) is 0 Å². The normalized spacial score (nSPS) is 10.0. The Morgan fingerprint density at radius 2 is 1.04 bits per heavy atom. The minimum atomic E-state index is -1.21. The van der Waals surface area contributed by atoms with Crippen LogP contribution in [0.25, 0.3) is 0 Å². The smallest absolute Gasteiger partial charge is 0.324 e. The molecular formula is C25H23N9O14. The van der Waals surface area contributed by atoms with Gasteiger partial charge in [-0.2, -0.15) is 0 Å². The number of hydrogen-bond donors (Lipinski definition) is 3. The average Bonchev–Trinajstić information content (AvgIpc) is 3.47. The number of aromatic hydroxyl groups is 2. The summed E-state index contributed by atoms with van der Waals surface area (Å²) in [5.74, 6) is -1.30. The number of non-ortho nitro benzene ring substituents is 2. The van der Waals surface area contributed by atoms with Crippen molar-refractivity contribution in [3.63, 3.8) is 0 Å². The van der Waals surface area contributed by atoms with Gasteiger partial charge in [0.1, 0.15) is 5.82 Å². The van der Waals surface area contributed by atoms with Gasteiger partial charge in [0.05, 0.1) is 53.8 Å². The zero-order chi connectivity index (χ0) is 36.1. The van der Waals surface area contributed by atoms with Crippen LogP contribution in [0.2, 0.25) is 0 Å². The molecule has 48 heavy (non-hydrogen) atoms. The molecule has 0 saturated carbocycles. The van der Waals surface area contributed by atoms with Crippen molar-refractivity contribution in [2.45, 2.75) is 19.4 Å². The molecular weight excluding hydrogens is 650 g/mol. The Kier molecular flexibility index (Phi) is 12.9. The summed E-state index contributed by atoms with van der Waals surface area (Å²) in [5, 5.41) is 80.4. The van der Waals surface area contributed by atoms with E-state index in [-0.39, 0.29) is 0 Å². The van der Waals surface area contributed by atoms with Crippen LogP contribution in [0, 0.1) is 60.7 Å². The molecule has 252 valence electrons. The maximum absolute atomic E-state index is 10.4. The monoisotopic (exact) mass is 673 g/mol. The molecule has 0 aliphatic carbocycles. The Bertz CT molecular complexity index is 1690. The lowest BCUT2D eigenvalue weighted by Crippen LogP contribution is -2.07. The number of nitro groups is 6. The SMILES string of the molecule is NCCCc1nccn1Cc1ccccc1.O=[N+]([O-])c1cc([N+](=O)[O-])c(O)c([N+](=O)[O-])c1.O=[N+]([O-])c1cc([N+](=O)[O-])c(O)c([N+](=O)[O-])c1. The van der Waals surface area contributed by atoms with Gasteiger partial charge in [0, 0.05) is 25.4 Å². The minimum absolute atomic E-state index is 0.447. The fraction of sp³-hybridized carbons (Fsp3) is 0.160. The molecule has 23 nitrogen and oxygen atoms in total. The molecule has 0 saturated heterocycles. The van der Waals surface area contributed by atoms with E-state index in [1.807, 2.05) is 18.5 Å². The highest BCUT2D eigenvalue weighted by Gasteiger charge is 2.31. The van der Waals surface area contributed by atoms with Gasteiger partial charge in [-0.15, -0.1) is 0 Å². The van der Waals surface area contributed by atoms with Crippen molar-refractivity contribution in [3.8, 4) is 11.5 Å². The minimum Gasteiger partial charge on any atom is -0.497 e. The largest absolute Gasteiger partial charge is 0.497 e. The van der Waals surface area contributed by atoms with E-state index in [4.69, 9.17) is 15.9 Å². The van der Waals surface area contributed by atoms with Crippen LogP contribution >= 0.6 is 0 Å². The predicted molar refractivity (Wildman–Crippen MR) is 161 cm³/mol. The van der Waals surface area contributed by atoms with Gasteiger partial charge in [-0.1, -0.05) is 30.3 Å². The third-order valence-corrected chi connectivity index (χ3v) is 5.92. The van der Waals surface area contributed by atoms with Crippen LogP contribution in [0.1, 0.15) is 17.8 Å². The van der Waals surface area contributed by atoms with Crippen LogP contribution in [0.5, 0.6) is 11.5 Å². The lowest BCUT2D eigenvalue weighted by atomic mass is 10.2. The molecule has 0 spiro atoms. The van der Waals surface area contributed by atoms with Gasteiger partial charge in [-0.3, -0.25) is 60.7 Å². The van der Waals surface area contributed by atoms with Gasteiger partial charge in [0.15, 0.2) is 0 Å². The topological polar surface area (TPSA) is 343 Å². The molecule has 1 heterocycles. The summed E-state index contributed by atoms with van der Waals surface area (Å²) in [6, 6.07) is 12.2. The molecule has 3 aromatic carbocycles. The van der Waals surface area contributed by atoms with Crippen molar-refractivity contribution in [1.82, 2.24) is 9.55 Å². The van der Waals surface area contributed by atoms with Crippen molar-refractivity contribution >= 4 is 34.1 Å². The zero-order valence-corrected chi connectivity index (χ0v) is 24.1. The van der Waals surface area contributed by atoms with Gasteiger partial charge >= 0.3 is 22.7 Å². The van der Waals surface area contributed by atoms with E-state index in [2.05, 4.69) is 33.8 Å². The molecule has 0 aliphatic heterocycles. The molecule has 0 unspecified atom stereocenters. The number of aromatic nitrogens is 2. The number of phenols is 2. The Morgan fingerprint density at radius 1 is 0.646 bits per heavy atom. The van der Waals surface area contributed by atoms with Crippen LogP contribution in [-0.4, -0.2) is 55.8 Å². The van der Waals surface area contributed by atoms with Crippen molar-refractivity contribution in [1.29, 1.82) is 0 Å². The lowest BCUT2D eigenvalue weighted by molar-refractivity contribution is -0.404. The van der Waals surface area contributed by atoms with Crippen LogP contribution in [0.15, 0.2) is 67.0 Å². The zero-order valence-electron chi connectivity index (χ0n) is 24.1. The number of benzene rings is 3. The molecule has 0 aliphatic rings. The molecule has 4 aromatic rings. The van der Waals surface area contributed by atoms with E-state index in [0.717, 1.165) is 31.8 Å². The average molecular weight is 674 g/mol. The Labute approximate surface area is 266 Å². The Morgan fingerprint density at radius 3 is 1.38 bits per heavy atom. The van der Waals surface area contributed by atoms with Crippen LogP contribution in [-0.2, 0) is 13.0 Å². The number of phenolic OH excluding ortho intramolecular Hbond substituents is 2. The molecule has 0 fully saturated rings. The van der Waals surface area contributed by atoms with Crippen molar-refractivity contribution in [2.75, 3.05) is 6.54 Å². The number of hydrogen-bond acceptors (Lipinski definition) is 16. The lowest BCUT2D eigenvalue weighted by Gasteiger charge is -2.07. The standard InChI is InChI=1S/C13H17N3.2C6H3N3O7/c14-8-4-7-13-15-9-10-16(13)11-12-5-2-1-3-6-12;2*10-6-4(8(13)14)1-3(7(11)12)2-5(6)9(15)16/h1-3,5-6,9-10H,4,7-8,11,14H2;2*1-2,10H. The summed E-state index contributed by atoms with van der Waals surface area (Å²) >= 11 is 0. The Balaban J connectivity index is 0.000000250. The fourth-order valence-corrected chi connectivity index (χ4v) is 3.70. The highest BCUT2D eigenvalue weighted by Crippen LogP contribution is 2.40. The molecule has 23 heteroatoms. The van der Waals surface area contributed by atoms with Crippen molar-refractivity contribution in [2.24, 2.45) is 5.73 Å². The number of nitro benzene ring substituents is 6. The first kappa shape index (κ1) is 37.0. The van der Waals surface area contributed by atoms with Gasteiger partial charge in [-0.25, -0.2) is 4.98 Å². The molecule has 0 amide bonds. The van der Waals surface area contributed by atoms with Crippen LogP contribution in [0.3, 0.4) is 0 Å². The summed E-state index contributed by atoms with van der Waals surface area (Å²) in [5.41, 5.74) is 0.807. The molecule has 0 atom stereocenters. The number of nitrogens with two attached hydrogens (primary N) is 1. The maximum atomic E-state index is 10.4. The first-order valence-corrected chi connectivity index (χ1v) is 12.9. The summed E-state index contributed by atoms with van der Waals surface area (Å²) in [6.07, 6.45) is 5.83. The second-order valence-electron chi connectivity index (χ2n) is 9.06. The van der Waals surface area contributed by atoms with Crippen LogP contribution in [0.4, 0.5) is 34.1 Å². The van der Waals surface area contributed by atoms with E-state index in [1.54, 1.807) is 0 Å². The first-order chi connectivity index (χ1) is 22.6. The van der Waals surface area contributed by atoms with Crippen molar-refractivity contribution in [3.05, 3.63) is 139 Å². The third-order valence-electron chi connectivity index (χ3n) is 5.92. The number of aryl methyl sites for hydroxylation is 1. The van der Waals surface area contributed by atoms with Gasteiger partial charge in [-0.05, 0) is 18.5 Å². The quantitative estimate of drug-likeness (QED) is 0.149. The number of imidazole rings is 1. The molecule has 4 N–H and O–H groups in total. The van der Waals surface area contributed by atoms with E-state index < -0.39 is 75.2 Å². The maximum Gasteiger partial charge on any atom is 0.324 e. The molecule has 1 aromatic heterocycles. The third kappa shape index (κ3) is 9.92. The number of nitrogens with zero attached hydrogens (tertiary/aromatic N) is 8. The number of rotatable bonds is 11. The van der Waals surface area contributed by atoms with Gasteiger partial charge < -0.3 is 20.5 Å². The summed E-state index contributed by atoms with van der Waals surface area (Å²) in [6.45, 7) is 1.61.